The third-order valence-corrected chi connectivity index (χ3v) is 5.90. The molecule has 4 rings (SSSR count). The van der Waals surface area contributed by atoms with Crippen LogP contribution < -0.4 is 15.5 Å². The van der Waals surface area contributed by atoms with Gasteiger partial charge in [-0.25, -0.2) is 0 Å². The minimum atomic E-state index is -0.547. The van der Waals surface area contributed by atoms with Crippen molar-refractivity contribution < 1.29 is 9.59 Å². The molecule has 0 radical (unpaired) electrons. The summed E-state index contributed by atoms with van der Waals surface area (Å²) in [5.74, 6) is -1.57. The Morgan fingerprint density at radius 1 is 1.03 bits per heavy atom. The highest BCUT2D eigenvalue weighted by molar-refractivity contribution is 6.02. The Kier molecular flexibility index (Phi) is 4.97. The van der Waals surface area contributed by atoms with Crippen LogP contribution in [0.3, 0.4) is 0 Å². The lowest BCUT2D eigenvalue weighted by Gasteiger charge is -2.27. The first kappa shape index (κ1) is 19.0. The van der Waals surface area contributed by atoms with Gasteiger partial charge in [-0.1, -0.05) is 61.5 Å². The minimum Gasteiger partial charge on any atom is -0.372 e. The van der Waals surface area contributed by atoms with E-state index < -0.39 is 17.7 Å². The number of fused-ring (bicyclic) bond motifs is 2. The third-order valence-electron chi connectivity index (χ3n) is 5.90. The van der Waals surface area contributed by atoms with Crippen LogP contribution in [0.5, 0.6) is 0 Å². The van der Waals surface area contributed by atoms with Crippen molar-refractivity contribution in [3.05, 3.63) is 72.3 Å². The summed E-state index contributed by atoms with van der Waals surface area (Å²) in [5.41, 5.74) is 8.47. The van der Waals surface area contributed by atoms with Crippen molar-refractivity contribution in [3.8, 4) is 0 Å². The zero-order valence-electron chi connectivity index (χ0n) is 16.7. The van der Waals surface area contributed by atoms with Gasteiger partial charge in [0.2, 0.25) is 11.8 Å². The zero-order chi connectivity index (χ0) is 20.5. The number of primary amides is 1. The van der Waals surface area contributed by atoms with Gasteiger partial charge in [0.15, 0.2) is 0 Å². The molecule has 0 saturated heterocycles. The Bertz CT molecular complexity index is 1070. The van der Waals surface area contributed by atoms with Crippen LogP contribution in [0.1, 0.15) is 12.5 Å². The molecule has 0 fully saturated rings. The van der Waals surface area contributed by atoms with Gasteiger partial charge in [-0.2, -0.15) is 0 Å². The van der Waals surface area contributed by atoms with Crippen LogP contribution in [-0.2, 0) is 16.1 Å². The van der Waals surface area contributed by atoms with E-state index in [0.29, 0.717) is 13.1 Å². The molecule has 0 aliphatic carbocycles. The fourth-order valence-corrected chi connectivity index (χ4v) is 4.14. The van der Waals surface area contributed by atoms with Crippen LogP contribution in [-0.4, -0.2) is 25.4 Å². The SMILES string of the molecule is CC(C(N)=O)[C@H]1CN(C)c2ccccc2N(Cc2cccc3ccccc23)C1=O. The lowest BCUT2D eigenvalue weighted by molar-refractivity contribution is -0.130. The molecule has 3 aromatic rings. The quantitative estimate of drug-likeness (QED) is 0.744. The van der Waals surface area contributed by atoms with Crippen molar-refractivity contribution in [1.82, 2.24) is 0 Å². The Labute approximate surface area is 170 Å². The first-order valence-electron chi connectivity index (χ1n) is 9.85. The number of benzene rings is 3. The highest BCUT2D eigenvalue weighted by Gasteiger charge is 2.37. The number of carbonyl (C=O) groups excluding carboxylic acids is 2. The summed E-state index contributed by atoms with van der Waals surface area (Å²) in [6, 6.07) is 22.2. The molecular weight excluding hydrogens is 362 g/mol. The molecule has 3 aromatic carbocycles. The number of nitrogens with zero attached hydrogens (tertiary/aromatic N) is 2. The predicted octanol–water partition coefficient (Wildman–Crippen LogP) is 3.56. The molecular formula is C24H25N3O2. The number of anilines is 2. The van der Waals surface area contributed by atoms with Crippen LogP contribution >= 0.6 is 0 Å². The maximum absolute atomic E-state index is 13.6. The van der Waals surface area contributed by atoms with Crippen LogP contribution in [0, 0.1) is 11.8 Å². The van der Waals surface area contributed by atoms with Gasteiger partial charge in [-0.05, 0) is 28.5 Å². The Balaban J connectivity index is 1.82. The highest BCUT2D eigenvalue weighted by atomic mass is 16.2. The van der Waals surface area contributed by atoms with Gasteiger partial charge < -0.3 is 15.5 Å². The molecule has 5 heteroatoms. The van der Waals surface area contributed by atoms with Crippen molar-refractivity contribution in [2.45, 2.75) is 13.5 Å². The molecule has 0 aromatic heterocycles. The van der Waals surface area contributed by atoms with E-state index in [9.17, 15) is 9.59 Å². The van der Waals surface area contributed by atoms with Gasteiger partial charge in [0.1, 0.15) is 0 Å². The summed E-state index contributed by atoms with van der Waals surface area (Å²) < 4.78 is 0. The topological polar surface area (TPSA) is 66.6 Å². The first-order chi connectivity index (χ1) is 14.0. The number of amides is 2. The summed E-state index contributed by atoms with van der Waals surface area (Å²) in [5, 5.41) is 2.26. The molecule has 2 amide bonds. The molecule has 1 heterocycles. The summed E-state index contributed by atoms with van der Waals surface area (Å²) in [7, 11) is 1.95. The van der Waals surface area contributed by atoms with E-state index in [1.165, 1.54) is 0 Å². The minimum absolute atomic E-state index is 0.0685. The number of para-hydroxylation sites is 2. The maximum atomic E-state index is 13.6. The van der Waals surface area contributed by atoms with E-state index in [2.05, 4.69) is 24.3 Å². The molecule has 0 bridgehead atoms. The fourth-order valence-electron chi connectivity index (χ4n) is 4.14. The van der Waals surface area contributed by atoms with Crippen molar-refractivity contribution >= 4 is 34.0 Å². The van der Waals surface area contributed by atoms with Crippen LogP contribution in [0.4, 0.5) is 11.4 Å². The Morgan fingerprint density at radius 3 is 2.45 bits per heavy atom. The molecule has 5 nitrogen and oxygen atoms in total. The van der Waals surface area contributed by atoms with Crippen molar-refractivity contribution in [3.63, 3.8) is 0 Å². The van der Waals surface area contributed by atoms with Crippen LogP contribution in [0.2, 0.25) is 0 Å². The van der Waals surface area contributed by atoms with Crippen molar-refractivity contribution in [2.75, 3.05) is 23.4 Å². The van der Waals surface area contributed by atoms with Gasteiger partial charge in [0, 0.05) is 19.5 Å². The van der Waals surface area contributed by atoms with E-state index in [-0.39, 0.29) is 5.91 Å². The summed E-state index contributed by atoms with van der Waals surface area (Å²) in [6.45, 7) is 2.63. The second-order valence-electron chi connectivity index (χ2n) is 7.73. The average molecular weight is 387 g/mol. The van der Waals surface area contributed by atoms with E-state index in [1.54, 1.807) is 6.92 Å². The summed E-state index contributed by atoms with van der Waals surface area (Å²) in [6.07, 6.45) is 0. The average Bonchev–Trinajstić information content (AvgIpc) is 2.84. The second kappa shape index (κ2) is 7.59. The maximum Gasteiger partial charge on any atom is 0.233 e. The monoisotopic (exact) mass is 387 g/mol. The van der Waals surface area contributed by atoms with Gasteiger partial charge >= 0.3 is 0 Å². The van der Waals surface area contributed by atoms with Gasteiger partial charge in [0.05, 0.1) is 23.8 Å². The highest BCUT2D eigenvalue weighted by Crippen LogP contribution is 2.36. The molecule has 148 valence electrons. The fraction of sp³-hybridized carbons (Fsp3) is 0.250. The second-order valence-corrected chi connectivity index (χ2v) is 7.73. The number of carbonyl (C=O) groups is 2. The number of hydrogen-bond acceptors (Lipinski definition) is 3. The predicted molar refractivity (Wildman–Crippen MR) is 117 cm³/mol. The molecule has 2 atom stereocenters. The normalized spacial score (nSPS) is 17.7. The van der Waals surface area contributed by atoms with E-state index >= 15 is 0 Å². The van der Waals surface area contributed by atoms with Gasteiger partial charge in [-0.15, -0.1) is 0 Å². The summed E-state index contributed by atoms with van der Waals surface area (Å²) in [4.78, 5) is 29.4. The van der Waals surface area contributed by atoms with Crippen molar-refractivity contribution in [1.29, 1.82) is 0 Å². The number of rotatable bonds is 4. The molecule has 1 aliphatic rings. The summed E-state index contributed by atoms with van der Waals surface area (Å²) >= 11 is 0. The molecule has 29 heavy (non-hydrogen) atoms. The standard InChI is InChI=1S/C24H25N3O2/c1-16(23(25)28)20-15-26(2)21-12-5-6-13-22(21)27(24(20)29)14-18-10-7-9-17-8-3-4-11-19(17)18/h3-13,16,20H,14-15H2,1-2H3,(H2,25,28)/t16?,20-/m1/s1. The largest absolute Gasteiger partial charge is 0.372 e. The molecule has 0 saturated carbocycles. The molecule has 0 spiro atoms. The molecule has 2 N–H and O–H groups in total. The third kappa shape index (κ3) is 3.44. The van der Waals surface area contributed by atoms with Gasteiger partial charge in [-0.3, -0.25) is 9.59 Å². The smallest absolute Gasteiger partial charge is 0.233 e. The van der Waals surface area contributed by atoms with Crippen molar-refractivity contribution in [2.24, 2.45) is 17.6 Å². The first-order valence-corrected chi connectivity index (χ1v) is 9.85. The van der Waals surface area contributed by atoms with E-state index in [1.807, 2.05) is 59.3 Å². The van der Waals surface area contributed by atoms with Crippen LogP contribution in [0.25, 0.3) is 10.8 Å². The number of hydrogen-bond donors (Lipinski definition) is 1. The zero-order valence-corrected chi connectivity index (χ0v) is 16.7. The molecule has 1 aliphatic heterocycles. The lowest BCUT2D eigenvalue weighted by Crippen LogP contribution is -2.44. The van der Waals surface area contributed by atoms with Crippen LogP contribution in [0.15, 0.2) is 66.7 Å². The Morgan fingerprint density at radius 2 is 1.69 bits per heavy atom. The lowest BCUT2D eigenvalue weighted by atomic mass is 9.91. The molecule has 1 unspecified atom stereocenters. The van der Waals surface area contributed by atoms with Gasteiger partial charge in [0.25, 0.3) is 0 Å². The number of nitrogens with two attached hydrogens (primary N) is 1. The Hall–Kier alpha value is -3.34. The van der Waals surface area contributed by atoms with E-state index in [4.69, 9.17) is 5.73 Å². The van der Waals surface area contributed by atoms with E-state index in [0.717, 1.165) is 27.7 Å².